The van der Waals surface area contributed by atoms with Gasteiger partial charge < -0.3 is 11.5 Å². The summed E-state index contributed by atoms with van der Waals surface area (Å²) in [6.07, 6.45) is 7.55. The Labute approximate surface area is 152 Å². The standard InChI is InChI=1S/C16H24Cl2N4S/c1-2-3-4-5-6-7-10-23-16(20)22-15(19)21-12-8-9-13(17)14(18)11-12/h8-9,11H,2-7,10H2,1H3,(H4,19,20,21,22). The lowest BCUT2D eigenvalue weighted by Crippen LogP contribution is -2.16. The molecule has 0 saturated heterocycles. The van der Waals surface area contributed by atoms with Gasteiger partial charge in [-0.25, -0.2) is 4.99 Å². The molecule has 4 N–H and O–H groups in total. The predicted octanol–water partition coefficient (Wildman–Crippen LogP) is 5.35. The van der Waals surface area contributed by atoms with Crippen LogP contribution in [0.25, 0.3) is 0 Å². The zero-order valence-corrected chi connectivity index (χ0v) is 15.7. The third kappa shape index (κ3) is 9.08. The first kappa shape index (κ1) is 20.1. The zero-order valence-electron chi connectivity index (χ0n) is 13.4. The van der Waals surface area contributed by atoms with Crippen molar-refractivity contribution in [3.05, 3.63) is 28.2 Å². The second kappa shape index (κ2) is 11.6. The molecule has 0 fully saturated rings. The Balaban J connectivity index is 2.38. The molecule has 0 saturated carbocycles. The van der Waals surface area contributed by atoms with Crippen molar-refractivity contribution in [3.8, 4) is 0 Å². The van der Waals surface area contributed by atoms with Crippen LogP contribution in [-0.2, 0) is 0 Å². The number of benzene rings is 1. The van der Waals surface area contributed by atoms with Gasteiger partial charge in [0.1, 0.15) is 0 Å². The molecule has 1 aromatic rings. The number of rotatable bonds is 8. The number of unbranched alkanes of at least 4 members (excludes halogenated alkanes) is 5. The van der Waals surface area contributed by atoms with E-state index in [2.05, 4.69) is 16.9 Å². The summed E-state index contributed by atoms with van der Waals surface area (Å²) in [5.74, 6) is 1.05. The molecule has 0 unspecified atom stereocenters. The fraction of sp³-hybridized carbons (Fsp3) is 0.500. The van der Waals surface area contributed by atoms with Crippen LogP contribution in [0.3, 0.4) is 0 Å². The Hall–Kier alpha value is -0.910. The van der Waals surface area contributed by atoms with E-state index in [0.29, 0.717) is 20.9 Å². The highest BCUT2D eigenvalue weighted by molar-refractivity contribution is 8.13. The highest BCUT2D eigenvalue weighted by Crippen LogP contribution is 2.26. The number of halogens is 2. The van der Waals surface area contributed by atoms with Crippen molar-refractivity contribution in [1.29, 1.82) is 0 Å². The lowest BCUT2D eigenvalue weighted by Gasteiger charge is -2.02. The van der Waals surface area contributed by atoms with Gasteiger partial charge in [0, 0.05) is 5.75 Å². The summed E-state index contributed by atoms with van der Waals surface area (Å²) in [6, 6.07) is 5.01. The molecule has 4 nitrogen and oxygen atoms in total. The maximum absolute atomic E-state index is 5.93. The van der Waals surface area contributed by atoms with Crippen LogP contribution >= 0.6 is 35.0 Å². The lowest BCUT2D eigenvalue weighted by molar-refractivity contribution is 0.627. The number of hydrogen-bond acceptors (Lipinski definition) is 2. The first-order valence-electron chi connectivity index (χ1n) is 7.79. The summed E-state index contributed by atoms with van der Waals surface area (Å²) in [5.41, 5.74) is 12.2. The molecular formula is C16H24Cl2N4S. The Kier molecular flexibility index (Phi) is 10.2. The molecule has 0 spiro atoms. The van der Waals surface area contributed by atoms with Crippen LogP contribution in [0.2, 0.25) is 10.0 Å². The quantitative estimate of drug-likeness (QED) is 0.365. The lowest BCUT2D eigenvalue weighted by atomic mass is 10.1. The van der Waals surface area contributed by atoms with Gasteiger partial charge in [0.2, 0.25) is 5.96 Å². The summed E-state index contributed by atoms with van der Waals surface area (Å²) in [5, 5.41) is 1.33. The summed E-state index contributed by atoms with van der Waals surface area (Å²) in [4.78, 5) is 8.23. The van der Waals surface area contributed by atoms with Gasteiger partial charge >= 0.3 is 0 Å². The monoisotopic (exact) mass is 374 g/mol. The molecular weight excluding hydrogens is 351 g/mol. The predicted molar refractivity (Wildman–Crippen MR) is 105 cm³/mol. The molecule has 0 aliphatic heterocycles. The van der Waals surface area contributed by atoms with Crippen LogP contribution in [0.4, 0.5) is 5.69 Å². The van der Waals surface area contributed by atoms with Crippen molar-refractivity contribution in [1.82, 2.24) is 0 Å². The summed E-state index contributed by atoms with van der Waals surface area (Å²) < 4.78 is 0. The minimum absolute atomic E-state index is 0.108. The Morgan fingerprint density at radius 3 is 2.43 bits per heavy atom. The molecule has 1 rings (SSSR count). The van der Waals surface area contributed by atoms with E-state index in [1.54, 1.807) is 18.2 Å². The summed E-state index contributed by atoms with van der Waals surface area (Å²) >= 11 is 13.3. The van der Waals surface area contributed by atoms with Crippen molar-refractivity contribution < 1.29 is 0 Å². The van der Waals surface area contributed by atoms with E-state index in [1.807, 2.05) is 0 Å². The normalized spacial score (nSPS) is 12.7. The molecule has 0 heterocycles. The highest BCUT2D eigenvalue weighted by atomic mass is 35.5. The number of amidine groups is 1. The average molecular weight is 375 g/mol. The van der Waals surface area contributed by atoms with Crippen molar-refractivity contribution in [2.75, 3.05) is 5.75 Å². The number of thioether (sulfide) groups is 1. The summed E-state index contributed by atoms with van der Waals surface area (Å²) in [7, 11) is 0. The van der Waals surface area contributed by atoms with E-state index in [-0.39, 0.29) is 5.96 Å². The molecule has 128 valence electrons. The molecule has 0 aromatic heterocycles. The van der Waals surface area contributed by atoms with Crippen LogP contribution < -0.4 is 11.5 Å². The van der Waals surface area contributed by atoms with Gasteiger partial charge in [-0.05, 0) is 24.6 Å². The van der Waals surface area contributed by atoms with Crippen molar-refractivity contribution in [2.24, 2.45) is 21.5 Å². The van der Waals surface area contributed by atoms with Gasteiger partial charge in [-0.1, -0.05) is 74.0 Å². The molecule has 0 atom stereocenters. The molecule has 7 heteroatoms. The fourth-order valence-electron chi connectivity index (χ4n) is 1.92. The molecule has 1 aromatic carbocycles. The third-order valence-electron chi connectivity index (χ3n) is 3.12. The first-order chi connectivity index (χ1) is 11.0. The van der Waals surface area contributed by atoms with Crippen molar-refractivity contribution in [3.63, 3.8) is 0 Å². The second-order valence-electron chi connectivity index (χ2n) is 5.13. The number of guanidine groups is 1. The van der Waals surface area contributed by atoms with Crippen LogP contribution in [0.5, 0.6) is 0 Å². The van der Waals surface area contributed by atoms with Gasteiger partial charge in [-0.15, -0.1) is 0 Å². The molecule has 0 aliphatic rings. The van der Waals surface area contributed by atoms with Gasteiger partial charge in [0.25, 0.3) is 0 Å². The second-order valence-corrected chi connectivity index (χ2v) is 7.06. The van der Waals surface area contributed by atoms with Gasteiger partial charge in [-0.3, -0.25) is 0 Å². The largest absolute Gasteiger partial charge is 0.378 e. The molecule has 0 bridgehead atoms. The van der Waals surface area contributed by atoms with Crippen LogP contribution in [-0.4, -0.2) is 16.9 Å². The van der Waals surface area contributed by atoms with Gasteiger partial charge in [0.15, 0.2) is 5.17 Å². The first-order valence-corrected chi connectivity index (χ1v) is 9.53. The molecule has 0 amide bonds. The molecule has 23 heavy (non-hydrogen) atoms. The maximum atomic E-state index is 5.93. The van der Waals surface area contributed by atoms with E-state index in [0.717, 1.165) is 12.2 Å². The van der Waals surface area contributed by atoms with Gasteiger partial charge in [-0.2, -0.15) is 4.99 Å². The number of nitrogens with two attached hydrogens (primary N) is 2. The Morgan fingerprint density at radius 2 is 1.74 bits per heavy atom. The molecule has 0 aliphatic carbocycles. The van der Waals surface area contributed by atoms with E-state index < -0.39 is 0 Å². The van der Waals surface area contributed by atoms with Crippen LogP contribution in [0, 0.1) is 0 Å². The van der Waals surface area contributed by atoms with Crippen molar-refractivity contribution in [2.45, 2.75) is 45.4 Å². The maximum Gasteiger partial charge on any atom is 0.222 e. The summed E-state index contributed by atoms with van der Waals surface area (Å²) in [6.45, 7) is 2.22. The Bertz CT molecular complexity index is 547. The highest BCUT2D eigenvalue weighted by Gasteiger charge is 2.00. The third-order valence-corrected chi connectivity index (χ3v) is 4.74. The smallest absolute Gasteiger partial charge is 0.222 e. The Morgan fingerprint density at radius 1 is 1.04 bits per heavy atom. The van der Waals surface area contributed by atoms with Crippen LogP contribution in [0.1, 0.15) is 45.4 Å². The molecule has 0 radical (unpaired) electrons. The number of aliphatic imine (C=N–C) groups is 2. The van der Waals surface area contributed by atoms with E-state index in [1.165, 1.54) is 43.9 Å². The van der Waals surface area contributed by atoms with Crippen molar-refractivity contribution >= 4 is 51.8 Å². The zero-order chi connectivity index (χ0) is 17.1. The van der Waals surface area contributed by atoms with Gasteiger partial charge in [0.05, 0.1) is 15.7 Å². The van der Waals surface area contributed by atoms with E-state index in [4.69, 9.17) is 34.7 Å². The van der Waals surface area contributed by atoms with E-state index in [9.17, 15) is 0 Å². The van der Waals surface area contributed by atoms with Crippen LogP contribution in [0.15, 0.2) is 28.2 Å². The minimum Gasteiger partial charge on any atom is -0.378 e. The van der Waals surface area contributed by atoms with E-state index >= 15 is 0 Å². The average Bonchev–Trinajstić information content (AvgIpc) is 2.50. The topological polar surface area (TPSA) is 76.8 Å². The number of nitrogens with zero attached hydrogens (tertiary/aromatic N) is 2. The fourth-order valence-corrected chi connectivity index (χ4v) is 2.92. The minimum atomic E-state index is 0.108. The number of hydrogen-bond donors (Lipinski definition) is 2. The SMILES string of the molecule is CCCCCCCCS/C(N)=N/C(N)=Nc1ccc(Cl)c(Cl)c1.